The molecule has 3 aromatic carbocycles. The van der Waals surface area contributed by atoms with E-state index in [1.54, 1.807) is 30.3 Å². The van der Waals surface area contributed by atoms with Crippen LogP contribution in [-0.4, -0.2) is 36.1 Å². The molecule has 0 radical (unpaired) electrons. The zero-order valence-corrected chi connectivity index (χ0v) is 17.8. The second-order valence-corrected chi connectivity index (χ2v) is 7.60. The summed E-state index contributed by atoms with van der Waals surface area (Å²) in [6.07, 6.45) is 0.642. The molecule has 0 bridgehead atoms. The highest BCUT2D eigenvalue weighted by atomic mass is 16.5. The Hall–Kier alpha value is -3.54. The Morgan fingerprint density at radius 3 is 2.13 bits per heavy atom. The fraction of sp³-hybridized carbons (Fsp3) is 0.280. The molecule has 0 fully saturated rings. The SMILES string of the molecule is CCc1c(O)ccc2c1OCC(c1cc(OC)c(O)c(OC)c1)C2c1ccc(O)cc1. The van der Waals surface area contributed by atoms with Crippen LogP contribution in [0.1, 0.15) is 41.0 Å². The minimum atomic E-state index is -0.116. The molecule has 0 saturated heterocycles. The molecule has 0 aromatic heterocycles. The van der Waals surface area contributed by atoms with Gasteiger partial charge in [-0.2, -0.15) is 0 Å². The normalized spacial score (nSPS) is 17.5. The molecule has 6 heteroatoms. The lowest BCUT2D eigenvalue weighted by Gasteiger charge is -2.36. The molecule has 31 heavy (non-hydrogen) atoms. The van der Waals surface area contributed by atoms with Crippen LogP contribution in [0.2, 0.25) is 0 Å². The van der Waals surface area contributed by atoms with Gasteiger partial charge in [-0.25, -0.2) is 0 Å². The van der Waals surface area contributed by atoms with Gasteiger partial charge in [0, 0.05) is 23.0 Å². The summed E-state index contributed by atoms with van der Waals surface area (Å²) in [6, 6.07) is 14.3. The van der Waals surface area contributed by atoms with Crippen molar-refractivity contribution in [1.29, 1.82) is 0 Å². The van der Waals surface area contributed by atoms with Gasteiger partial charge in [0.2, 0.25) is 5.75 Å². The summed E-state index contributed by atoms with van der Waals surface area (Å²) in [5.74, 6) is 1.50. The minimum Gasteiger partial charge on any atom is -0.508 e. The van der Waals surface area contributed by atoms with Crippen LogP contribution in [0.5, 0.6) is 34.5 Å². The van der Waals surface area contributed by atoms with Crippen molar-refractivity contribution in [2.75, 3.05) is 20.8 Å². The predicted molar refractivity (Wildman–Crippen MR) is 117 cm³/mol. The Morgan fingerprint density at radius 1 is 0.903 bits per heavy atom. The van der Waals surface area contributed by atoms with E-state index in [2.05, 4.69) is 0 Å². The molecule has 2 unspecified atom stereocenters. The Morgan fingerprint density at radius 2 is 1.55 bits per heavy atom. The van der Waals surface area contributed by atoms with E-state index in [0.717, 1.165) is 22.3 Å². The summed E-state index contributed by atoms with van der Waals surface area (Å²) in [5.41, 5.74) is 3.63. The average Bonchev–Trinajstić information content (AvgIpc) is 2.79. The highest BCUT2D eigenvalue weighted by Crippen LogP contribution is 2.51. The first kappa shape index (κ1) is 20.7. The van der Waals surface area contributed by atoms with E-state index >= 15 is 0 Å². The molecular formula is C25H26O6. The van der Waals surface area contributed by atoms with Gasteiger partial charge in [0.15, 0.2) is 11.5 Å². The minimum absolute atomic E-state index is 0.0507. The van der Waals surface area contributed by atoms with Crippen LogP contribution in [0.25, 0.3) is 0 Å². The number of benzene rings is 3. The third kappa shape index (κ3) is 3.58. The first-order valence-electron chi connectivity index (χ1n) is 10.2. The van der Waals surface area contributed by atoms with E-state index in [1.807, 2.05) is 25.1 Å². The first-order valence-corrected chi connectivity index (χ1v) is 10.2. The average molecular weight is 422 g/mol. The largest absolute Gasteiger partial charge is 0.508 e. The number of fused-ring (bicyclic) bond motifs is 1. The van der Waals surface area contributed by atoms with Crippen LogP contribution in [-0.2, 0) is 6.42 Å². The first-order chi connectivity index (χ1) is 15.0. The van der Waals surface area contributed by atoms with Crippen LogP contribution in [0, 0.1) is 0 Å². The molecule has 1 aliphatic heterocycles. The number of rotatable bonds is 5. The van der Waals surface area contributed by atoms with Gasteiger partial charge in [0.05, 0.1) is 20.8 Å². The quantitative estimate of drug-likeness (QED) is 0.553. The predicted octanol–water partition coefficient (Wildman–Crippen LogP) is 4.69. The fourth-order valence-electron chi connectivity index (χ4n) is 4.39. The molecule has 0 saturated carbocycles. The van der Waals surface area contributed by atoms with Crippen LogP contribution in [0.3, 0.4) is 0 Å². The Balaban J connectivity index is 1.91. The molecule has 0 aliphatic carbocycles. The Bertz CT molecular complexity index is 1060. The molecule has 3 N–H and O–H groups in total. The molecule has 0 spiro atoms. The summed E-state index contributed by atoms with van der Waals surface area (Å²) in [7, 11) is 3.00. The molecule has 3 aromatic rings. The van der Waals surface area contributed by atoms with Gasteiger partial charge in [-0.05, 0) is 47.9 Å². The number of aromatic hydroxyl groups is 3. The lowest BCUT2D eigenvalue weighted by atomic mass is 9.75. The molecule has 0 amide bonds. The molecule has 1 aliphatic rings. The Kier molecular flexibility index (Phi) is 5.55. The van der Waals surface area contributed by atoms with E-state index < -0.39 is 0 Å². The number of phenols is 3. The van der Waals surface area contributed by atoms with Crippen LogP contribution >= 0.6 is 0 Å². The number of methoxy groups -OCH3 is 2. The van der Waals surface area contributed by atoms with Gasteiger partial charge >= 0.3 is 0 Å². The van der Waals surface area contributed by atoms with Crippen molar-refractivity contribution >= 4 is 0 Å². The van der Waals surface area contributed by atoms with Crippen molar-refractivity contribution < 1.29 is 29.5 Å². The third-order valence-corrected chi connectivity index (χ3v) is 5.95. The zero-order chi connectivity index (χ0) is 22.1. The van der Waals surface area contributed by atoms with Gasteiger partial charge < -0.3 is 29.5 Å². The number of hydrogen-bond acceptors (Lipinski definition) is 6. The standard InChI is InChI=1S/C25H26O6/c1-4-17-20(27)10-9-18-23(14-5-7-16(26)8-6-14)19(13-31-25(17)18)15-11-21(29-2)24(28)22(12-15)30-3/h5-12,19,23,26-28H,4,13H2,1-3H3. The topological polar surface area (TPSA) is 88.4 Å². The van der Waals surface area contributed by atoms with Crippen molar-refractivity contribution in [2.45, 2.75) is 25.2 Å². The maximum atomic E-state index is 10.3. The highest BCUT2D eigenvalue weighted by molar-refractivity contribution is 5.58. The molecule has 1 heterocycles. The van der Waals surface area contributed by atoms with Crippen molar-refractivity contribution in [3.63, 3.8) is 0 Å². The van der Waals surface area contributed by atoms with E-state index in [9.17, 15) is 15.3 Å². The van der Waals surface area contributed by atoms with Gasteiger partial charge in [0.25, 0.3) is 0 Å². The lowest BCUT2D eigenvalue weighted by molar-refractivity contribution is 0.244. The smallest absolute Gasteiger partial charge is 0.200 e. The number of phenolic OH excluding ortho intramolecular Hbond substituents is 3. The second-order valence-electron chi connectivity index (χ2n) is 7.60. The van der Waals surface area contributed by atoms with Crippen molar-refractivity contribution in [3.05, 3.63) is 70.8 Å². The molecule has 162 valence electrons. The second kappa shape index (κ2) is 8.30. The van der Waals surface area contributed by atoms with E-state index in [1.165, 1.54) is 14.2 Å². The van der Waals surface area contributed by atoms with Crippen molar-refractivity contribution in [1.82, 2.24) is 0 Å². The lowest BCUT2D eigenvalue weighted by Crippen LogP contribution is -2.26. The number of ether oxygens (including phenoxy) is 3. The summed E-state index contributed by atoms with van der Waals surface area (Å²) in [4.78, 5) is 0. The van der Waals surface area contributed by atoms with Crippen molar-refractivity contribution in [3.8, 4) is 34.5 Å². The van der Waals surface area contributed by atoms with Crippen molar-refractivity contribution in [2.24, 2.45) is 0 Å². The van der Waals surface area contributed by atoms with Crippen LogP contribution in [0.4, 0.5) is 0 Å². The van der Waals surface area contributed by atoms with Crippen LogP contribution in [0.15, 0.2) is 48.5 Å². The number of hydrogen-bond donors (Lipinski definition) is 3. The highest BCUT2D eigenvalue weighted by Gasteiger charge is 2.36. The molecule has 4 rings (SSSR count). The zero-order valence-electron chi connectivity index (χ0n) is 17.8. The van der Waals surface area contributed by atoms with Gasteiger partial charge in [-0.3, -0.25) is 0 Å². The van der Waals surface area contributed by atoms with E-state index in [-0.39, 0.29) is 29.1 Å². The summed E-state index contributed by atoms with van der Waals surface area (Å²) < 4.78 is 16.9. The summed E-state index contributed by atoms with van der Waals surface area (Å²) in [5, 5.41) is 30.5. The van der Waals surface area contributed by atoms with E-state index in [4.69, 9.17) is 14.2 Å². The van der Waals surface area contributed by atoms with Gasteiger partial charge in [-0.15, -0.1) is 0 Å². The molecule has 2 atom stereocenters. The maximum Gasteiger partial charge on any atom is 0.200 e. The third-order valence-electron chi connectivity index (χ3n) is 5.95. The Labute approximate surface area is 181 Å². The van der Waals surface area contributed by atoms with Gasteiger partial charge in [-0.1, -0.05) is 25.1 Å². The fourth-order valence-corrected chi connectivity index (χ4v) is 4.39. The molecular weight excluding hydrogens is 396 g/mol. The van der Waals surface area contributed by atoms with Gasteiger partial charge in [0.1, 0.15) is 17.2 Å². The van der Waals surface area contributed by atoms with Crippen LogP contribution < -0.4 is 14.2 Å². The summed E-state index contributed by atoms with van der Waals surface area (Å²) >= 11 is 0. The molecule has 6 nitrogen and oxygen atoms in total. The summed E-state index contributed by atoms with van der Waals surface area (Å²) in [6.45, 7) is 2.35. The maximum absolute atomic E-state index is 10.3. The monoisotopic (exact) mass is 422 g/mol. The van der Waals surface area contributed by atoms with E-state index in [0.29, 0.717) is 30.3 Å².